The van der Waals surface area contributed by atoms with E-state index in [1.807, 2.05) is 60.6 Å². The minimum absolute atomic E-state index is 0.00209. The highest BCUT2D eigenvalue weighted by Crippen LogP contribution is 2.49. The summed E-state index contributed by atoms with van der Waals surface area (Å²) >= 11 is 1.39. The molecule has 11 heteroatoms. The largest absolute Gasteiger partial charge is 0.507 e. The second-order valence-electron chi connectivity index (χ2n) is 13.4. The van der Waals surface area contributed by atoms with Gasteiger partial charge in [-0.3, -0.25) is 9.69 Å². The highest BCUT2D eigenvalue weighted by atomic mass is 32.2. The van der Waals surface area contributed by atoms with Crippen molar-refractivity contribution < 1.29 is 32.6 Å². The van der Waals surface area contributed by atoms with Crippen LogP contribution in [0.4, 0.5) is 0 Å². The third kappa shape index (κ3) is 5.93. The Kier molecular flexibility index (Phi) is 8.93. The zero-order valence-electron chi connectivity index (χ0n) is 27.0. The first-order valence-electron chi connectivity index (χ1n) is 14.4. The van der Waals surface area contributed by atoms with E-state index in [1.54, 1.807) is 25.3 Å². The van der Waals surface area contributed by atoms with Crippen LogP contribution >= 0.6 is 11.8 Å². The Hall–Kier alpha value is -3.15. The average Bonchev–Trinajstić information content (AvgIpc) is 2.92. The van der Waals surface area contributed by atoms with E-state index in [0.717, 1.165) is 16.7 Å². The molecular weight excluding hydrogens is 601 g/mol. The number of hydrogen-bond acceptors (Lipinski definition) is 9. The van der Waals surface area contributed by atoms with Gasteiger partial charge in [0.25, 0.3) is 11.6 Å². The minimum Gasteiger partial charge on any atom is -0.507 e. The first-order valence-corrected chi connectivity index (χ1v) is 17.0. The van der Waals surface area contributed by atoms with E-state index in [-0.39, 0.29) is 27.2 Å². The number of hydrogen-bond donors (Lipinski definition) is 1. The number of amides is 1. The number of β-lactam (4-membered cyclic amide) rings is 1. The van der Waals surface area contributed by atoms with Crippen molar-refractivity contribution in [2.75, 3.05) is 12.9 Å². The Morgan fingerprint density at radius 1 is 1.09 bits per heavy atom. The summed E-state index contributed by atoms with van der Waals surface area (Å²) in [6.07, 6.45) is 1.57. The van der Waals surface area contributed by atoms with Crippen LogP contribution in [0.5, 0.6) is 5.75 Å². The predicted molar refractivity (Wildman–Crippen MR) is 173 cm³/mol. The van der Waals surface area contributed by atoms with E-state index in [1.165, 1.54) is 42.8 Å². The molecule has 0 aromatic heterocycles. The number of aryl methyl sites for hydroxylation is 1. The summed E-state index contributed by atoms with van der Waals surface area (Å²) in [4.78, 5) is 33.1. The molecule has 44 heavy (non-hydrogen) atoms. The molecule has 2 heterocycles. The molecule has 1 N–H and O–H groups in total. The third-order valence-electron chi connectivity index (χ3n) is 7.92. The van der Waals surface area contributed by atoms with Crippen molar-refractivity contribution in [1.29, 1.82) is 0 Å². The van der Waals surface area contributed by atoms with Crippen LogP contribution in [0.3, 0.4) is 0 Å². The second-order valence-corrected chi connectivity index (χ2v) is 16.7. The first kappa shape index (κ1) is 33.7. The van der Waals surface area contributed by atoms with Gasteiger partial charge in [0.2, 0.25) is 15.3 Å². The fraction of sp³-hybridized carbons (Fsp3) is 0.485. The Balaban J connectivity index is 1.63. The Morgan fingerprint density at radius 2 is 1.64 bits per heavy atom. The predicted octanol–water partition coefficient (Wildman–Crippen LogP) is 5.61. The monoisotopic (exact) mass is 642 g/mol. The lowest BCUT2D eigenvalue weighted by Gasteiger charge is -2.53. The van der Waals surface area contributed by atoms with Crippen LogP contribution in [0.2, 0.25) is 0 Å². The molecule has 2 aliphatic heterocycles. The van der Waals surface area contributed by atoms with E-state index in [0.29, 0.717) is 16.9 Å². The Morgan fingerprint density at radius 3 is 2.14 bits per heavy atom. The minimum atomic E-state index is -3.97. The number of sulfone groups is 1. The lowest BCUT2D eigenvalue weighted by atomic mass is 9.78. The lowest BCUT2D eigenvalue weighted by molar-refractivity contribution is -0.182. The molecular formula is C33H42N2O7S2. The van der Waals surface area contributed by atoms with Gasteiger partial charge >= 0.3 is 5.97 Å². The van der Waals surface area contributed by atoms with E-state index >= 15 is 0 Å². The number of carbonyl (C=O) groups is 2. The topological polar surface area (TPSA) is 123 Å². The number of phenols is 1. The van der Waals surface area contributed by atoms with Gasteiger partial charge in [-0.25, -0.2) is 18.2 Å². The van der Waals surface area contributed by atoms with E-state index in [4.69, 9.17) is 9.47 Å². The number of aliphatic imine (C=N–C) groups is 1. The van der Waals surface area contributed by atoms with Crippen molar-refractivity contribution in [3.63, 3.8) is 0 Å². The number of thioether (sulfide) groups is 1. The molecule has 0 spiro atoms. The maximum atomic E-state index is 13.7. The van der Waals surface area contributed by atoms with Crippen LogP contribution in [-0.4, -0.2) is 65.9 Å². The van der Waals surface area contributed by atoms with E-state index in [2.05, 4.69) is 4.99 Å². The molecule has 0 bridgehead atoms. The zero-order valence-corrected chi connectivity index (χ0v) is 28.6. The van der Waals surface area contributed by atoms with E-state index < -0.39 is 38.2 Å². The number of esters is 1. The van der Waals surface area contributed by atoms with Crippen LogP contribution in [0.25, 0.3) is 0 Å². The molecule has 0 aliphatic carbocycles. The van der Waals surface area contributed by atoms with Gasteiger partial charge in [-0.2, -0.15) is 0 Å². The number of ether oxygens (including phenoxy) is 2. The maximum absolute atomic E-state index is 13.7. The molecule has 2 aliphatic rings. The van der Waals surface area contributed by atoms with Gasteiger partial charge in [0, 0.05) is 30.2 Å². The van der Waals surface area contributed by atoms with Crippen LogP contribution in [0, 0.1) is 6.92 Å². The number of rotatable bonds is 7. The summed E-state index contributed by atoms with van der Waals surface area (Å²) in [6, 6.07) is 10.0. The number of carbonyl (C=O) groups excluding carboxylic acids is 2. The number of methoxy groups -OCH3 is 1. The van der Waals surface area contributed by atoms with Gasteiger partial charge < -0.3 is 14.6 Å². The summed E-state index contributed by atoms with van der Waals surface area (Å²) in [5, 5.41) is 10.4. The van der Waals surface area contributed by atoms with Gasteiger partial charge in [-0.05, 0) is 67.0 Å². The summed E-state index contributed by atoms with van der Waals surface area (Å²) < 4.78 is 37.4. The summed E-state index contributed by atoms with van der Waals surface area (Å²) in [5.74, 6) is -0.833. The summed E-state index contributed by atoms with van der Waals surface area (Å²) in [7, 11) is -2.58. The molecule has 0 saturated carbocycles. The van der Waals surface area contributed by atoms with Crippen molar-refractivity contribution in [3.8, 4) is 5.75 Å². The molecule has 238 valence electrons. The molecule has 4 rings (SSSR count). The first-order chi connectivity index (χ1) is 20.3. The number of nitrogens with zero attached hydrogens (tertiary/aromatic N) is 2. The van der Waals surface area contributed by atoms with Gasteiger partial charge in [0.15, 0.2) is 0 Å². The quantitative estimate of drug-likeness (QED) is 0.235. The van der Waals surface area contributed by atoms with Gasteiger partial charge in [-0.15, -0.1) is 11.8 Å². The van der Waals surface area contributed by atoms with Crippen LogP contribution in [-0.2, 0) is 39.7 Å². The molecule has 1 saturated heterocycles. The smallest absolute Gasteiger partial charge is 0.356 e. The number of benzene rings is 2. The van der Waals surface area contributed by atoms with Crippen molar-refractivity contribution in [2.45, 2.75) is 94.6 Å². The Bertz CT molecular complexity index is 1610. The normalized spacial score (nSPS) is 21.7. The molecule has 1 fully saturated rings. The average molecular weight is 643 g/mol. The van der Waals surface area contributed by atoms with Gasteiger partial charge in [0.1, 0.15) is 16.8 Å². The molecule has 9 nitrogen and oxygen atoms in total. The van der Waals surface area contributed by atoms with Crippen LogP contribution < -0.4 is 0 Å². The molecule has 2 aromatic carbocycles. The Labute approximate surface area is 264 Å². The molecule has 1 amide bonds. The molecule has 3 atom stereocenters. The van der Waals surface area contributed by atoms with E-state index in [9.17, 15) is 23.1 Å². The van der Waals surface area contributed by atoms with Crippen molar-refractivity contribution in [1.82, 2.24) is 4.90 Å². The zero-order chi connectivity index (χ0) is 33.0. The second kappa shape index (κ2) is 11.7. The highest BCUT2D eigenvalue weighted by Gasteiger charge is 2.66. The molecule has 2 aromatic rings. The van der Waals surface area contributed by atoms with Crippen molar-refractivity contribution in [2.24, 2.45) is 4.99 Å². The van der Waals surface area contributed by atoms with Crippen LogP contribution in [0.1, 0.15) is 77.6 Å². The standard InChI is InChI=1S/C33H42N2O7S2/c1-19-11-13-23(14-12-19)44(39,40)21(3)42-28(37)26-20(2)18-43-30-33(41-10,29(38)35(26)30)34-17-22-15-24(31(4,5)6)27(36)25(16-22)32(7,8)9/h11-17,21,30,36H,18H2,1-10H3/b34-17+/t21?,30-,33+/m1/s1. The maximum Gasteiger partial charge on any atom is 0.356 e. The fourth-order valence-electron chi connectivity index (χ4n) is 5.24. The third-order valence-corrected chi connectivity index (χ3v) is 11.3. The summed E-state index contributed by atoms with van der Waals surface area (Å²) in [6.45, 7) is 16.9. The van der Waals surface area contributed by atoms with Crippen molar-refractivity contribution >= 4 is 39.7 Å². The molecule has 1 unspecified atom stereocenters. The van der Waals surface area contributed by atoms with Gasteiger partial charge in [0.05, 0.1) is 4.90 Å². The number of aromatic hydroxyl groups is 1. The number of phenolic OH excluding ortho intramolecular Hbond substituents is 1. The highest BCUT2D eigenvalue weighted by molar-refractivity contribution is 8.00. The van der Waals surface area contributed by atoms with Crippen LogP contribution in [0.15, 0.2) is 57.6 Å². The van der Waals surface area contributed by atoms with Gasteiger partial charge in [-0.1, -0.05) is 59.2 Å². The number of fused-ring (bicyclic) bond motifs is 1. The summed E-state index contributed by atoms with van der Waals surface area (Å²) in [5.41, 5.74) is -0.0847. The van der Waals surface area contributed by atoms with Crippen molar-refractivity contribution in [3.05, 3.63) is 69.9 Å². The SMILES string of the molecule is CO[C@@]1(/N=C/c2cc(C(C)(C)C)c(O)c(C(C)(C)C)c2)C(=O)N2C(C(=O)OC(C)S(=O)(=O)c3ccc(C)cc3)=C(C)CS[C@@H]21. The molecule has 0 radical (unpaired) electrons. The lowest BCUT2D eigenvalue weighted by Crippen LogP contribution is -2.73. The fourth-order valence-corrected chi connectivity index (χ4v) is 7.74.